The zero-order valence-corrected chi connectivity index (χ0v) is 12.3. The van der Waals surface area contributed by atoms with Crippen molar-refractivity contribution < 1.29 is 0 Å². The molecule has 0 unspecified atom stereocenters. The number of hydrogen-bond donors (Lipinski definition) is 1. The smallest absolute Gasteiger partial charge is 0.188 e. The minimum absolute atomic E-state index is 0.976. The van der Waals surface area contributed by atoms with Gasteiger partial charge in [0.15, 0.2) is 5.13 Å². The number of rotatable bonds is 2. The van der Waals surface area contributed by atoms with E-state index in [0.717, 1.165) is 16.3 Å². The van der Waals surface area contributed by atoms with Crippen LogP contribution in [0.2, 0.25) is 0 Å². The minimum atomic E-state index is 0.976. The standard InChI is InChI=1S/C17H16N2S/c1-11-5-8-15-16(9-11)20-17(19-15)18-14-7-6-12-3-2-4-13(12)10-14/h5-10H,2-4H2,1H3,(H,18,19). The molecule has 2 nitrogen and oxygen atoms in total. The summed E-state index contributed by atoms with van der Waals surface area (Å²) in [4.78, 5) is 4.65. The molecule has 1 N–H and O–H groups in total. The molecule has 0 saturated heterocycles. The predicted molar refractivity (Wildman–Crippen MR) is 86.1 cm³/mol. The molecule has 0 amide bonds. The van der Waals surface area contributed by atoms with Gasteiger partial charge in [0.25, 0.3) is 0 Å². The van der Waals surface area contributed by atoms with Crippen LogP contribution >= 0.6 is 11.3 Å². The number of aromatic nitrogens is 1. The molecule has 4 rings (SSSR count). The zero-order chi connectivity index (χ0) is 13.5. The van der Waals surface area contributed by atoms with Crippen LogP contribution in [0.1, 0.15) is 23.1 Å². The van der Waals surface area contributed by atoms with Crippen molar-refractivity contribution in [2.24, 2.45) is 0 Å². The van der Waals surface area contributed by atoms with Gasteiger partial charge in [0, 0.05) is 5.69 Å². The highest BCUT2D eigenvalue weighted by Gasteiger charge is 2.11. The van der Waals surface area contributed by atoms with E-state index >= 15 is 0 Å². The number of hydrogen-bond acceptors (Lipinski definition) is 3. The van der Waals surface area contributed by atoms with Crippen molar-refractivity contribution in [2.75, 3.05) is 5.32 Å². The third-order valence-electron chi connectivity index (χ3n) is 3.89. The summed E-state index contributed by atoms with van der Waals surface area (Å²) >= 11 is 1.72. The van der Waals surface area contributed by atoms with Crippen LogP contribution < -0.4 is 5.32 Å². The first kappa shape index (κ1) is 11.9. The minimum Gasteiger partial charge on any atom is -0.332 e. The van der Waals surface area contributed by atoms with E-state index in [4.69, 9.17) is 0 Å². The molecule has 1 heterocycles. The number of fused-ring (bicyclic) bond motifs is 2. The van der Waals surface area contributed by atoms with Crippen LogP contribution in [-0.2, 0) is 12.8 Å². The van der Waals surface area contributed by atoms with Crippen LogP contribution in [0.3, 0.4) is 0 Å². The molecule has 0 radical (unpaired) electrons. The second kappa shape index (κ2) is 4.60. The molecule has 1 aromatic heterocycles. The summed E-state index contributed by atoms with van der Waals surface area (Å²) in [5, 5.41) is 4.43. The van der Waals surface area contributed by atoms with Crippen molar-refractivity contribution in [3.05, 3.63) is 53.1 Å². The highest BCUT2D eigenvalue weighted by molar-refractivity contribution is 7.22. The lowest BCUT2D eigenvalue weighted by atomic mass is 10.1. The monoisotopic (exact) mass is 280 g/mol. The number of anilines is 2. The molecule has 0 atom stereocenters. The fourth-order valence-electron chi connectivity index (χ4n) is 2.86. The van der Waals surface area contributed by atoms with Gasteiger partial charge in [-0.1, -0.05) is 23.5 Å². The number of nitrogens with zero attached hydrogens (tertiary/aromatic N) is 1. The first-order valence-electron chi connectivity index (χ1n) is 7.04. The zero-order valence-electron chi connectivity index (χ0n) is 11.4. The van der Waals surface area contributed by atoms with E-state index in [9.17, 15) is 0 Å². The van der Waals surface area contributed by atoms with Crippen LogP contribution in [0.4, 0.5) is 10.8 Å². The Hall–Kier alpha value is -1.87. The molecule has 0 aliphatic heterocycles. The van der Waals surface area contributed by atoms with E-state index in [0.29, 0.717) is 0 Å². The normalized spacial score (nSPS) is 13.7. The summed E-state index contributed by atoms with van der Waals surface area (Å²) in [6.07, 6.45) is 3.74. The fraction of sp³-hybridized carbons (Fsp3) is 0.235. The Morgan fingerprint density at radius 2 is 1.95 bits per heavy atom. The lowest BCUT2D eigenvalue weighted by Gasteiger charge is -2.05. The Morgan fingerprint density at radius 3 is 2.90 bits per heavy atom. The summed E-state index contributed by atoms with van der Waals surface area (Å²) in [6, 6.07) is 13.1. The van der Waals surface area contributed by atoms with E-state index in [1.807, 2.05) is 0 Å². The maximum atomic E-state index is 4.65. The molecular weight excluding hydrogens is 264 g/mol. The van der Waals surface area contributed by atoms with E-state index in [1.165, 1.54) is 40.7 Å². The molecule has 0 saturated carbocycles. The molecule has 1 aliphatic carbocycles. The molecule has 0 spiro atoms. The molecule has 1 aliphatic rings. The van der Waals surface area contributed by atoms with E-state index in [1.54, 1.807) is 11.3 Å². The van der Waals surface area contributed by atoms with Gasteiger partial charge >= 0.3 is 0 Å². The van der Waals surface area contributed by atoms with Crippen LogP contribution in [0, 0.1) is 6.92 Å². The maximum Gasteiger partial charge on any atom is 0.188 e. The van der Waals surface area contributed by atoms with Crippen LogP contribution in [0.25, 0.3) is 10.2 Å². The first-order chi connectivity index (χ1) is 9.78. The second-order valence-electron chi connectivity index (χ2n) is 5.45. The van der Waals surface area contributed by atoms with Gasteiger partial charge in [0.1, 0.15) is 0 Å². The van der Waals surface area contributed by atoms with Crippen LogP contribution in [0.5, 0.6) is 0 Å². The highest BCUT2D eigenvalue weighted by Crippen LogP contribution is 2.31. The fourth-order valence-corrected chi connectivity index (χ4v) is 3.84. The SMILES string of the molecule is Cc1ccc2nc(Nc3ccc4c(c3)CCC4)sc2c1. The van der Waals surface area contributed by atoms with Gasteiger partial charge in [-0.15, -0.1) is 0 Å². The van der Waals surface area contributed by atoms with Gasteiger partial charge in [-0.2, -0.15) is 0 Å². The Bertz CT molecular complexity index is 789. The Kier molecular flexibility index (Phi) is 2.74. The van der Waals surface area contributed by atoms with Gasteiger partial charge in [-0.3, -0.25) is 0 Å². The van der Waals surface area contributed by atoms with Crippen molar-refractivity contribution in [3.63, 3.8) is 0 Å². The molecule has 0 fully saturated rings. The van der Waals surface area contributed by atoms with Gasteiger partial charge in [0.2, 0.25) is 0 Å². The highest BCUT2D eigenvalue weighted by atomic mass is 32.1. The quantitative estimate of drug-likeness (QED) is 0.726. The Balaban J connectivity index is 1.66. The predicted octanol–water partition coefficient (Wildman–Crippen LogP) is 4.84. The molecule has 2 aromatic carbocycles. The average Bonchev–Trinajstić information content (AvgIpc) is 3.03. The summed E-state index contributed by atoms with van der Waals surface area (Å²) in [5.74, 6) is 0. The first-order valence-corrected chi connectivity index (χ1v) is 7.86. The topological polar surface area (TPSA) is 24.9 Å². The summed E-state index contributed by atoms with van der Waals surface area (Å²) < 4.78 is 1.24. The van der Waals surface area contributed by atoms with Gasteiger partial charge in [-0.05, 0) is 67.1 Å². The van der Waals surface area contributed by atoms with Gasteiger partial charge < -0.3 is 5.32 Å². The van der Waals surface area contributed by atoms with Crippen molar-refractivity contribution >= 4 is 32.4 Å². The number of thiazole rings is 1. The van der Waals surface area contributed by atoms with Crippen LogP contribution in [-0.4, -0.2) is 4.98 Å². The van der Waals surface area contributed by atoms with Crippen molar-refractivity contribution in [3.8, 4) is 0 Å². The Morgan fingerprint density at radius 1 is 1.05 bits per heavy atom. The molecule has 3 aromatic rings. The van der Waals surface area contributed by atoms with E-state index < -0.39 is 0 Å². The molecule has 3 heteroatoms. The van der Waals surface area contributed by atoms with E-state index in [2.05, 4.69) is 53.6 Å². The molecule has 100 valence electrons. The average molecular weight is 280 g/mol. The second-order valence-corrected chi connectivity index (χ2v) is 6.48. The number of nitrogens with one attached hydrogen (secondary N) is 1. The largest absolute Gasteiger partial charge is 0.332 e. The Labute approximate surface area is 122 Å². The van der Waals surface area contributed by atoms with Gasteiger partial charge in [0.05, 0.1) is 10.2 Å². The van der Waals surface area contributed by atoms with Crippen molar-refractivity contribution in [1.82, 2.24) is 4.98 Å². The third kappa shape index (κ3) is 2.08. The molecule has 20 heavy (non-hydrogen) atoms. The maximum absolute atomic E-state index is 4.65. The molecular formula is C17H16N2S. The summed E-state index contributed by atoms with van der Waals surface area (Å²) in [7, 11) is 0. The number of benzene rings is 2. The lowest BCUT2D eigenvalue weighted by molar-refractivity contribution is 0.912. The van der Waals surface area contributed by atoms with Crippen molar-refractivity contribution in [1.29, 1.82) is 0 Å². The number of aryl methyl sites for hydroxylation is 3. The van der Waals surface area contributed by atoms with Gasteiger partial charge in [-0.25, -0.2) is 4.98 Å². The lowest BCUT2D eigenvalue weighted by Crippen LogP contribution is -1.91. The summed E-state index contributed by atoms with van der Waals surface area (Å²) in [5.41, 5.74) is 6.51. The summed E-state index contributed by atoms with van der Waals surface area (Å²) in [6.45, 7) is 2.12. The van der Waals surface area contributed by atoms with Crippen molar-refractivity contribution in [2.45, 2.75) is 26.2 Å². The molecule has 0 bridgehead atoms. The third-order valence-corrected chi connectivity index (χ3v) is 4.83. The van der Waals surface area contributed by atoms with Crippen LogP contribution in [0.15, 0.2) is 36.4 Å². The van der Waals surface area contributed by atoms with E-state index in [-0.39, 0.29) is 0 Å².